The average Bonchev–Trinajstić information content (AvgIpc) is 3.74. The molecule has 18 nitrogen and oxygen atoms in total. The molecule has 0 aliphatic carbocycles. The van der Waals surface area contributed by atoms with E-state index in [4.69, 9.17) is 18.9 Å². The molecule has 0 aromatic carbocycles. The van der Waals surface area contributed by atoms with Crippen molar-refractivity contribution in [2.75, 3.05) is 0 Å². The Morgan fingerprint density at radius 2 is 1.28 bits per heavy atom. The standard InChI is InChI=1S/C27H29F2N6O12/c28-11-10-19(34-7-4-16(37)31-26(34)42)46-21(11)22(20(39)13-1-2-18(44-13)33-6-3-15(36)30-25(33)41)47-24(40)14-9-12(29)23(45-14)35-8-5-17(38)32-27(35)43/h3-8,11-14,18-21,23-24,39-40H,1-2,9-10H2,(H,30,36,41)(H,31,37,42)(H,32,38,43)/t11-,12+,13-,14-,18+,19+,20?,21-,23+,24?/m0/s1. The molecule has 0 amide bonds. The van der Waals surface area contributed by atoms with Crippen LogP contribution in [0, 0.1) is 6.10 Å². The monoisotopic (exact) mass is 667 g/mol. The maximum absolute atomic E-state index is 15.6. The van der Waals surface area contributed by atoms with Crippen molar-refractivity contribution in [3.63, 3.8) is 0 Å². The molecule has 3 saturated heterocycles. The van der Waals surface area contributed by atoms with Gasteiger partial charge in [0.2, 0.25) is 0 Å². The van der Waals surface area contributed by atoms with Crippen molar-refractivity contribution in [1.82, 2.24) is 28.7 Å². The summed E-state index contributed by atoms with van der Waals surface area (Å²) in [7, 11) is 0. The van der Waals surface area contributed by atoms with E-state index in [9.17, 15) is 39.0 Å². The summed E-state index contributed by atoms with van der Waals surface area (Å²) in [5, 5.41) is 22.5. The molecule has 0 bridgehead atoms. The van der Waals surface area contributed by atoms with Gasteiger partial charge in [-0.25, -0.2) is 23.2 Å². The van der Waals surface area contributed by atoms with E-state index < -0.39 is 114 Å². The fourth-order valence-corrected chi connectivity index (χ4v) is 5.85. The van der Waals surface area contributed by atoms with E-state index in [1.54, 1.807) is 0 Å². The number of hydrogen-bond acceptors (Lipinski definition) is 12. The largest absolute Gasteiger partial charge is 0.387 e. The number of halogens is 2. The summed E-state index contributed by atoms with van der Waals surface area (Å²) in [6, 6.07) is 3.09. The lowest BCUT2D eigenvalue weighted by Gasteiger charge is -2.33. The van der Waals surface area contributed by atoms with Gasteiger partial charge < -0.3 is 29.2 Å². The minimum atomic E-state index is -2.06. The lowest BCUT2D eigenvalue weighted by Crippen LogP contribution is -2.46. The predicted molar refractivity (Wildman–Crippen MR) is 150 cm³/mol. The van der Waals surface area contributed by atoms with Crippen molar-refractivity contribution in [3.05, 3.63) is 105 Å². The Balaban J connectivity index is 1.24. The van der Waals surface area contributed by atoms with Crippen LogP contribution in [0.5, 0.6) is 0 Å². The zero-order chi connectivity index (χ0) is 33.6. The first kappa shape index (κ1) is 32.6. The molecular formula is C27H29F2N6O12. The van der Waals surface area contributed by atoms with E-state index in [0.717, 1.165) is 44.3 Å². The summed E-state index contributed by atoms with van der Waals surface area (Å²) >= 11 is 0. The summed E-state index contributed by atoms with van der Waals surface area (Å²) in [5.41, 5.74) is -4.72. The first-order valence-electron chi connectivity index (χ1n) is 14.5. The van der Waals surface area contributed by atoms with Crippen molar-refractivity contribution >= 4 is 0 Å². The Labute approximate surface area is 259 Å². The first-order chi connectivity index (χ1) is 22.4. The number of aliphatic hydroxyl groups is 2. The van der Waals surface area contributed by atoms with Gasteiger partial charge in [-0.1, -0.05) is 0 Å². The summed E-state index contributed by atoms with van der Waals surface area (Å²) in [6.45, 7) is 0. The molecule has 253 valence electrons. The summed E-state index contributed by atoms with van der Waals surface area (Å²) in [5.74, 6) is 0. The molecule has 0 saturated carbocycles. The van der Waals surface area contributed by atoms with Crippen LogP contribution in [0.1, 0.15) is 44.4 Å². The van der Waals surface area contributed by atoms with Gasteiger partial charge in [0, 0.05) is 49.6 Å². The van der Waals surface area contributed by atoms with Crippen molar-refractivity contribution in [2.24, 2.45) is 0 Å². The third-order valence-corrected chi connectivity index (χ3v) is 8.12. The highest BCUT2D eigenvalue weighted by molar-refractivity contribution is 5.07. The number of H-pyrrole nitrogens is 3. The number of aromatic amines is 3. The van der Waals surface area contributed by atoms with Gasteiger partial charge >= 0.3 is 17.1 Å². The van der Waals surface area contributed by atoms with Crippen molar-refractivity contribution in [3.8, 4) is 0 Å². The van der Waals surface area contributed by atoms with E-state index in [1.165, 1.54) is 6.20 Å². The van der Waals surface area contributed by atoms with Crippen LogP contribution in [0.2, 0.25) is 0 Å². The van der Waals surface area contributed by atoms with Crippen molar-refractivity contribution < 1.29 is 37.9 Å². The molecule has 5 N–H and O–H groups in total. The van der Waals surface area contributed by atoms with E-state index in [0.29, 0.717) is 0 Å². The fourth-order valence-electron chi connectivity index (χ4n) is 5.85. The van der Waals surface area contributed by atoms with Crippen LogP contribution in [-0.2, 0) is 18.9 Å². The molecule has 0 spiro atoms. The Morgan fingerprint density at radius 1 is 0.723 bits per heavy atom. The molecule has 2 unspecified atom stereocenters. The molecule has 3 aliphatic rings. The van der Waals surface area contributed by atoms with Crippen LogP contribution < -0.4 is 33.7 Å². The molecule has 3 aromatic rings. The molecule has 47 heavy (non-hydrogen) atoms. The average molecular weight is 668 g/mol. The fraction of sp³-hybridized carbons (Fsp3) is 0.519. The third kappa shape index (κ3) is 6.60. The van der Waals surface area contributed by atoms with E-state index in [-0.39, 0.29) is 12.8 Å². The van der Waals surface area contributed by atoms with E-state index in [2.05, 4.69) is 4.98 Å². The summed E-state index contributed by atoms with van der Waals surface area (Å²) < 4.78 is 56.2. The minimum Gasteiger partial charge on any atom is -0.387 e. The van der Waals surface area contributed by atoms with Gasteiger partial charge in [0.05, 0.1) is 6.10 Å². The topological polar surface area (TPSA) is 242 Å². The quantitative estimate of drug-likeness (QED) is 0.153. The maximum atomic E-state index is 15.6. The number of nitrogens with one attached hydrogen (secondary N) is 3. The highest BCUT2D eigenvalue weighted by atomic mass is 19.1. The number of ether oxygens (including phenoxy) is 4. The van der Waals surface area contributed by atoms with Crippen LogP contribution in [0.25, 0.3) is 0 Å². The second-order valence-electron chi connectivity index (χ2n) is 11.2. The predicted octanol–water partition coefficient (Wildman–Crippen LogP) is -2.21. The molecule has 20 heteroatoms. The van der Waals surface area contributed by atoms with Gasteiger partial charge in [-0.2, -0.15) is 0 Å². The Kier molecular flexibility index (Phi) is 9.05. The highest BCUT2D eigenvalue weighted by Crippen LogP contribution is 2.42. The number of rotatable bonds is 9. The van der Waals surface area contributed by atoms with Gasteiger partial charge in [0.25, 0.3) is 16.7 Å². The van der Waals surface area contributed by atoms with Crippen molar-refractivity contribution in [1.29, 1.82) is 0 Å². The third-order valence-electron chi connectivity index (χ3n) is 8.12. The van der Waals surface area contributed by atoms with Gasteiger partial charge in [0.15, 0.2) is 18.6 Å². The van der Waals surface area contributed by atoms with Crippen LogP contribution in [0.4, 0.5) is 8.78 Å². The SMILES string of the molecule is O=c1ccn([C@@H]2O[C@H](C(O)O[C](C(O)[C@@H]3CC[C@H](n4ccc(=O)[nH]c4=O)O3)[C@H]3O[C@@H](n4ccc(=O)[nH]c4=O)C[C@@H]3F)C[C@H]2F)c(=O)[nH]1. The number of nitrogens with zero attached hydrogens (tertiary/aromatic N) is 3. The van der Waals surface area contributed by atoms with Crippen LogP contribution >= 0.6 is 0 Å². The maximum Gasteiger partial charge on any atom is 0.330 e. The van der Waals surface area contributed by atoms with E-state index >= 15 is 8.78 Å². The normalized spacial score (nSPS) is 30.6. The van der Waals surface area contributed by atoms with Crippen molar-refractivity contribution in [2.45, 2.75) is 87.4 Å². The highest BCUT2D eigenvalue weighted by Gasteiger charge is 2.51. The molecule has 3 fully saturated rings. The number of hydrogen-bond donors (Lipinski definition) is 5. The first-order valence-corrected chi connectivity index (χ1v) is 14.5. The number of aliphatic hydroxyl groups excluding tert-OH is 2. The van der Waals surface area contributed by atoms with Crippen LogP contribution in [-0.4, -0.2) is 81.9 Å². The second kappa shape index (κ2) is 13.0. The molecule has 3 aliphatic heterocycles. The van der Waals surface area contributed by atoms with Gasteiger partial charge in [-0.05, 0) is 12.8 Å². The lowest BCUT2D eigenvalue weighted by molar-refractivity contribution is -0.216. The minimum absolute atomic E-state index is 0.0799. The zero-order valence-electron chi connectivity index (χ0n) is 24.1. The zero-order valence-corrected chi connectivity index (χ0v) is 24.1. The van der Waals surface area contributed by atoms with Gasteiger partial charge in [-0.15, -0.1) is 0 Å². The number of alkyl halides is 2. The molecule has 3 aromatic heterocycles. The van der Waals surface area contributed by atoms with Crippen LogP contribution in [0.3, 0.4) is 0 Å². The van der Waals surface area contributed by atoms with Crippen LogP contribution in [0.15, 0.2) is 65.6 Å². The molecule has 1 radical (unpaired) electrons. The van der Waals surface area contributed by atoms with Gasteiger partial charge in [0.1, 0.15) is 43.1 Å². The Morgan fingerprint density at radius 3 is 1.85 bits per heavy atom. The molecular weight excluding hydrogens is 638 g/mol. The van der Waals surface area contributed by atoms with Gasteiger partial charge in [-0.3, -0.25) is 43.0 Å². The number of aromatic nitrogens is 6. The molecule has 6 heterocycles. The van der Waals surface area contributed by atoms with E-state index in [1.807, 2.05) is 9.97 Å². The summed E-state index contributed by atoms with van der Waals surface area (Å²) in [6.07, 6.45) is -13.9. The molecule has 10 atom stereocenters. The Hall–Kier alpha value is -4.34. The lowest BCUT2D eigenvalue weighted by atomic mass is 9.97. The summed E-state index contributed by atoms with van der Waals surface area (Å²) in [4.78, 5) is 77.4. The molecule has 6 rings (SSSR count). The second-order valence-corrected chi connectivity index (χ2v) is 11.2. The smallest absolute Gasteiger partial charge is 0.330 e. The Bertz CT molecular complexity index is 1960.